The lowest BCUT2D eigenvalue weighted by molar-refractivity contribution is 0.0589. The van der Waals surface area contributed by atoms with E-state index in [4.69, 9.17) is 4.74 Å². The molecule has 190 valence electrons. The normalized spacial score (nSPS) is 15.2. The van der Waals surface area contributed by atoms with Gasteiger partial charge in [-0.1, -0.05) is 18.2 Å². The Morgan fingerprint density at radius 2 is 1.83 bits per heavy atom. The zero-order valence-electron chi connectivity index (χ0n) is 20.7. The third-order valence-electron chi connectivity index (χ3n) is 5.36. The average molecular weight is 511 g/mol. The van der Waals surface area contributed by atoms with Gasteiger partial charge >= 0.3 is 6.09 Å². The molecule has 0 aliphatic carbocycles. The van der Waals surface area contributed by atoms with Gasteiger partial charge in [-0.2, -0.15) is 4.98 Å². The van der Waals surface area contributed by atoms with Crippen molar-refractivity contribution in [3.63, 3.8) is 0 Å². The summed E-state index contributed by atoms with van der Waals surface area (Å²) in [6.45, 7) is 6.26. The number of fused-ring (bicyclic) bond motifs is 4. The molecule has 0 radical (unpaired) electrons. The minimum Gasteiger partial charge on any atom is -0.443 e. The van der Waals surface area contributed by atoms with Gasteiger partial charge in [-0.05, 0) is 63.1 Å². The maximum absolute atomic E-state index is 12.6. The lowest BCUT2D eigenvalue weighted by Crippen LogP contribution is -2.34. The third-order valence-corrected chi connectivity index (χ3v) is 6.82. The Bertz CT molecular complexity index is 1350. The number of aromatic nitrogens is 2. The van der Waals surface area contributed by atoms with Crippen molar-refractivity contribution < 1.29 is 17.9 Å². The van der Waals surface area contributed by atoms with E-state index in [-0.39, 0.29) is 11.4 Å². The van der Waals surface area contributed by atoms with Crippen LogP contribution in [0.4, 0.5) is 27.9 Å². The molecule has 0 fully saturated rings. The van der Waals surface area contributed by atoms with E-state index in [9.17, 15) is 13.2 Å². The van der Waals surface area contributed by atoms with Crippen LogP contribution in [0.2, 0.25) is 0 Å². The van der Waals surface area contributed by atoms with Crippen LogP contribution in [-0.2, 0) is 14.8 Å². The summed E-state index contributed by atoms with van der Waals surface area (Å²) in [7, 11) is -1.95. The molecule has 3 aromatic rings. The average Bonchev–Trinajstić information content (AvgIpc) is 2.83. The first-order valence-electron chi connectivity index (χ1n) is 11.6. The van der Waals surface area contributed by atoms with E-state index in [1.807, 2.05) is 45.0 Å². The summed E-state index contributed by atoms with van der Waals surface area (Å²) in [6.07, 6.45) is 1.83. The van der Waals surface area contributed by atoms with Crippen LogP contribution in [0.15, 0.2) is 59.6 Å². The van der Waals surface area contributed by atoms with Crippen molar-refractivity contribution in [2.45, 2.75) is 37.7 Å². The van der Waals surface area contributed by atoms with Gasteiger partial charge in [-0.15, -0.1) is 0 Å². The molecule has 4 rings (SSSR count). The molecule has 36 heavy (non-hydrogen) atoms. The van der Waals surface area contributed by atoms with E-state index in [0.717, 1.165) is 11.1 Å². The largest absolute Gasteiger partial charge is 0.443 e. The Kier molecular flexibility index (Phi) is 7.14. The van der Waals surface area contributed by atoms with E-state index < -0.39 is 21.7 Å². The van der Waals surface area contributed by atoms with E-state index in [0.29, 0.717) is 36.1 Å². The predicted molar refractivity (Wildman–Crippen MR) is 140 cm³/mol. The van der Waals surface area contributed by atoms with E-state index >= 15 is 0 Å². The van der Waals surface area contributed by atoms with Gasteiger partial charge in [0, 0.05) is 43.3 Å². The number of benzene rings is 2. The second-order valence-corrected chi connectivity index (χ2v) is 11.1. The zero-order valence-corrected chi connectivity index (χ0v) is 21.5. The van der Waals surface area contributed by atoms with Gasteiger partial charge in [0.2, 0.25) is 16.0 Å². The molecule has 0 atom stereocenters. The van der Waals surface area contributed by atoms with E-state index in [1.54, 1.807) is 37.5 Å². The van der Waals surface area contributed by atoms with Crippen molar-refractivity contribution in [2.24, 2.45) is 0 Å². The molecule has 10 nitrogen and oxygen atoms in total. The first kappa shape index (κ1) is 25.4. The number of anilines is 4. The molecule has 4 bridgehead atoms. The SMILES string of the molecule is CN(C(=O)OC(C)(C)C)c1ccc(-c2cnc3nc2NCCCNS(=O)(=O)c2cccc(c2)N3)cc1. The molecule has 2 aromatic carbocycles. The van der Waals surface area contributed by atoms with E-state index in [1.165, 1.54) is 4.90 Å². The van der Waals surface area contributed by atoms with Gasteiger partial charge in [0.15, 0.2) is 0 Å². The number of sulfonamides is 1. The number of amides is 1. The molecule has 0 spiro atoms. The number of carbonyl (C=O) groups excluding carboxylic acids is 1. The number of ether oxygens (including phenoxy) is 1. The molecule has 11 heteroatoms. The van der Waals surface area contributed by atoms with Crippen LogP contribution in [0.25, 0.3) is 11.1 Å². The molecule has 1 aliphatic rings. The van der Waals surface area contributed by atoms with Crippen LogP contribution < -0.4 is 20.3 Å². The van der Waals surface area contributed by atoms with Crippen molar-refractivity contribution in [1.29, 1.82) is 0 Å². The van der Waals surface area contributed by atoms with Crippen LogP contribution in [-0.4, -0.2) is 50.2 Å². The zero-order chi connectivity index (χ0) is 25.9. The summed E-state index contributed by atoms with van der Waals surface area (Å²) >= 11 is 0. The number of hydrogen-bond acceptors (Lipinski definition) is 8. The quantitative estimate of drug-likeness (QED) is 0.465. The maximum Gasteiger partial charge on any atom is 0.414 e. The molecular weight excluding hydrogens is 480 g/mol. The second kappa shape index (κ2) is 10.1. The minimum absolute atomic E-state index is 0.174. The Labute approximate surface area is 211 Å². The highest BCUT2D eigenvalue weighted by Gasteiger charge is 2.21. The monoisotopic (exact) mass is 510 g/mol. The van der Waals surface area contributed by atoms with Gasteiger partial charge in [-0.3, -0.25) is 4.90 Å². The highest BCUT2D eigenvalue weighted by atomic mass is 32.2. The van der Waals surface area contributed by atoms with Crippen LogP contribution >= 0.6 is 0 Å². The van der Waals surface area contributed by atoms with Crippen LogP contribution in [0.5, 0.6) is 0 Å². The van der Waals surface area contributed by atoms with Gasteiger partial charge in [0.1, 0.15) is 11.4 Å². The second-order valence-electron chi connectivity index (χ2n) is 9.37. The lowest BCUT2D eigenvalue weighted by atomic mass is 10.1. The summed E-state index contributed by atoms with van der Waals surface area (Å²) < 4.78 is 33.2. The first-order chi connectivity index (χ1) is 17.0. The molecule has 1 aliphatic heterocycles. The smallest absolute Gasteiger partial charge is 0.414 e. The van der Waals surface area contributed by atoms with E-state index in [2.05, 4.69) is 25.3 Å². The van der Waals surface area contributed by atoms with Crippen LogP contribution in [0, 0.1) is 0 Å². The number of nitrogens with one attached hydrogen (secondary N) is 3. The molecule has 3 N–H and O–H groups in total. The molecule has 0 saturated heterocycles. The van der Waals surface area contributed by atoms with Gasteiger partial charge in [0.05, 0.1) is 4.90 Å². The highest BCUT2D eigenvalue weighted by Crippen LogP contribution is 2.30. The maximum atomic E-state index is 12.6. The number of carbonyl (C=O) groups is 1. The number of nitrogens with zero attached hydrogens (tertiary/aromatic N) is 3. The van der Waals surface area contributed by atoms with Crippen LogP contribution in [0.1, 0.15) is 27.2 Å². The third kappa shape index (κ3) is 6.10. The van der Waals surface area contributed by atoms with Crippen molar-refractivity contribution in [2.75, 3.05) is 35.7 Å². The summed E-state index contributed by atoms with van der Waals surface area (Å²) in [5.74, 6) is 0.947. The van der Waals surface area contributed by atoms with Gasteiger partial charge < -0.3 is 15.4 Å². The van der Waals surface area contributed by atoms with Gasteiger partial charge in [-0.25, -0.2) is 22.9 Å². The molecule has 1 amide bonds. The fraction of sp³-hybridized carbons (Fsp3) is 0.320. The molecule has 0 saturated carbocycles. The standard InChI is InChI=1S/C25H30N6O4S/c1-25(2,3)35-24(32)31(4)19-11-9-17(10-12-19)21-16-27-23-29-18-7-5-8-20(15-18)36(33,34)28-14-6-13-26-22(21)30-23/h5,7-12,15-16,28H,6,13-14H2,1-4H3,(H2,26,27,29,30). The first-order valence-corrected chi connectivity index (χ1v) is 13.0. The summed E-state index contributed by atoms with van der Waals surface area (Å²) in [4.78, 5) is 23.1. The van der Waals surface area contributed by atoms with Gasteiger partial charge in [0.25, 0.3) is 0 Å². The molecule has 2 heterocycles. The Morgan fingerprint density at radius 3 is 2.56 bits per heavy atom. The fourth-order valence-electron chi connectivity index (χ4n) is 3.54. The number of rotatable bonds is 2. The fourth-order valence-corrected chi connectivity index (χ4v) is 4.66. The Balaban J connectivity index is 1.61. The summed E-state index contributed by atoms with van der Waals surface area (Å²) in [5.41, 5.74) is 2.30. The molecular formula is C25H30N6O4S. The molecule has 0 unspecified atom stereocenters. The minimum atomic E-state index is -3.61. The van der Waals surface area contributed by atoms with Crippen LogP contribution in [0.3, 0.4) is 0 Å². The number of hydrogen-bond donors (Lipinski definition) is 3. The Hall–Kier alpha value is -3.70. The van der Waals surface area contributed by atoms with Crippen molar-refractivity contribution in [3.05, 3.63) is 54.7 Å². The lowest BCUT2D eigenvalue weighted by Gasteiger charge is -2.24. The highest BCUT2D eigenvalue weighted by molar-refractivity contribution is 7.89. The topological polar surface area (TPSA) is 126 Å². The summed E-state index contributed by atoms with van der Waals surface area (Å²) in [5, 5.41) is 6.38. The Morgan fingerprint density at radius 1 is 1.08 bits per heavy atom. The van der Waals surface area contributed by atoms with Crippen molar-refractivity contribution in [1.82, 2.24) is 14.7 Å². The molecule has 1 aromatic heterocycles. The predicted octanol–water partition coefficient (Wildman–Crippen LogP) is 4.35. The van der Waals surface area contributed by atoms with Crippen molar-refractivity contribution >= 4 is 39.3 Å². The summed E-state index contributed by atoms with van der Waals surface area (Å²) in [6, 6.07) is 14.0. The van der Waals surface area contributed by atoms with Crippen molar-refractivity contribution in [3.8, 4) is 11.1 Å².